The van der Waals surface area contributed by atoms with Gasteiger partial charge in [0.25, 0.3) is 0 Å². The van der Waals surface area contributed by atoms with Crippen LogP contribution in [0.2, 0.25) is 0 Å². The summed E-state index contributed by atoms with van der Waals surface area (Å²) < 4.78 is 0. The third-order valence-corrected chi connectivity index (χ3v) is 2.16. The van der Waals surface area contributed by atoms with Crippen molar-refractivity contribution in [1.29, 1.82) is 0 Å². The van der Waals surface area contributed by atoms with Gasteiger partial charge in [0.15, 0.2) is 0 Å². The number of aliphatic hydroxyl groups excluding tert-OH is 1. The molecule has 4 heteroatoms. The van der Waals surface area contributed by atoms with Gasteiger partial charge in [0.1, 0.15) is 0 Å². The first-order valence-corrected chi connectivity index (χ1v) is 4.80. The normalized spacial score (nSPS) is 12.4. The van der Waals surface area contributed by atoms with E-state index >= 15 is 0 Å². The third kappa shape index (κ3) is 3.34. The van der Waals surface area contributed by atoms with Crippen LogP contribution in [0, 0.1) is 0 Å². The van der Waals surface area contributed by atoms with E-state index in [-0.39, 0.29) is 12.6 Å². The standard InChI is InChI=1S/C11H15NO3/c1-8(7-13)12-6-9-4-2-3-5-10(9)11(14)15/h2-5,8,12-13H,6-7H2,1H3,(H,14,15). The minimum absolute atomic E-state index is 0.0353. The van der Waals surface area contributed by atoms with Crippen molar-refractivity contribution in [3.05, 3.63) is 35.4 Å². The number of hydrogen-bond donors (Lipinski definition) is 3. The fourth-order valence-corrected chi connectivity index (χ4v) is 1.23. The first-order chi connectivity index (χ1) is 7.15. The van der Waals surface area contributed by atoms with E-state index in [1.165, 1.54) is 0 Å². The molecule has 1 unspecified atom stereocenters. The van der Waals surface area contributed by atoms with Crippen LogP contribution in [-0.4, -0.2) is 28.8 Å². The SMILES string of the molecule is CC(CO)NCc1ccccc1C(=O)O. The van der Waals surface area contributed by atoms with Crippen LogP contribution in [0.25, 0.3) is 0 Å². The number of aromatic carboxylic acids is 1. The van der Waals surface area contributed by atoms with Gasteiger partial charge in [-0.05, 0) is 18.6 Å². The fraction of sp³-hybridized carbons (Fsp3) is 0.364. The van der Waals surface area contributed by atoms with Crippen molar-refractivity contribution in [3.63, 3.8) is 0 Å². The third-order valence-electron chi connectivity index (χ3n) is 2.16. The van der Waals surface area contributed by atoms with Gasteiger partial charge >= 0.3 is 5.97 Å². The molecule has 1 aromatic carbocycles. The first-order valence-electron chi connectivity index (χ1n) is 4.80. The lowest BCUT2D eigenvalue weighted by atomic mass is 10.1. The summed E-state index contributed by atoms with van der Waals surface area (Å²) in [4.78, 5) is 10.9. The number of nitrogens with one attached hydrogen (secondary N) is 1. The van der Waals surface area contributed by atoms with E-state index in [1.54, 1.807) is 24.3 Å². The van der Waals surface area contributed by atoms with Crippen LogP contribution in [0.4, 0.5) is 0 Å². The molecule has 0 spiro atoms. The van der Waals surface area contributed by atoms with Gasteiger partial charge < -0.3 is 15.5 Å². The van der Waals surface area contributed by atoms with Crippen LogP contribution in [0.3, 0.4) is 0 Å². The summed E-state index contributed by atoms with van der Waals surface area (Å²) in [5, 5.41) is 20.8. The molecule has 1 rings (SSSR count). The van der Waals surface area contributed by atoms with Gasteiger partial charge in [-0.25, -0.2) is 4.79 Å². The Morgan fingerprint density at radius 1 is 1.47 bits per heavy atom. The van der Waals surface area contributed by atoms with Gasteiger partial charge in [0.2, 0.25) is 0 Å². The van der Waals surface area contributed by atoms with E-state index in [0.717, 1.165) is 5.56 Å². The van der Waals surface area contributed by atoms with Crippen molar-refractivity contribution < 1.29 is 15.0 Å². The Labute approximate surface area is 88.6 Å². The molecule has 0 aliphatic carbocycles. The van der Waals surface area contributed by atoms with Crippen LogP contribution in [-0.2, 0) is 6.54 Å². The maximum Gasteiger partial charge on any atom is 0.336 e. The number of rotatable bonds is 5. The van der Waals surface area contributed by atoms with Crippen molar-refractivity contribution >= 4 is 5.97 Å². The minimum Gasteiger partial charge on any atom is -0.478 e. The smallest absolute Gasteiger partial charge is 0.336 e. The van der Waals surface area contributed by atoms with Crippen LogP contribution >= 0.6 is 0 Å². The Kier molecular flexibility index (Phi) is 4.27. The fourth-order valence-electron chi connectivity index (χ4n) is 1.23. The monoisotopic (exact) mass is 209 g/mol. The van der Waals surface area contributed by atoms with Crippen LogP contribution in [0.15, 0.2) is 24.3 Å². The van der Waals surface area contributed by atoms with Crippen LogP contribution < -0.4 is 5.32 Å². The summed E-state index contributed by atoms with van der Waals surface area (Å²) in [5.74, 6) is -0.927. The molecule has 0 amide bonds. The minimum atomic E-state index is -0.927. The quantitative estimate of drug-likeness (QED) is 0.672. The highest BCUT2D eigenvalue weighted by atomic mass is 16.4. The Bertz CT molecular complexity index is 338. The lowest BCUT2D eigenvalue weighted by molar-refractivity contribution is 0.0695. The lowest BCUT2D eigenvalue weighted by Gasteiger charge is -2.11. The summed E-state index contributed by atoms with van der Waals surface area (Å²) in [7, 11) is 0. The summed E-state index contributed by atoms with van der Waals surface area (Å²) in [6.07, 6.45) is 0. The van der Waals surface area contributed by atoms with E-state index in [0.29, 0.717) is 12.1 Å². The predicted octanol–water partition coefficient (Wildman–Crippen LogP) is 0.855. The summed E-state index contributed by atoms with van der Waals surface area (Å²) in [6.45, 7) is 2.32. The molecule has 15 heavy (non-hydrogen) atoms. The zero-order chi connectivity index (χ0) is 11.3. The van der Waals surface area contributed by atoms with Gasteiger partial charge in [0, 0.05) is 12.6 Å². The Hall–Kier alpha value is -1.39. The number of hydrogen-bond acceptors (Lipinski definition) is 3. The largest absolute Gasteiger partial charge is 0.478 e. The molecular formula is C11H15NO3. The van der Waals surface area contributed by atoms with Gasteiger partial charge in [-0.1, -0.05) is 18.2 Å². The highest BCUT2D eigenvalue weighted by molar-refractivity contribution is 5.89. The molecular weight excluding hydrogens is 194 g/mol. The molecule has 0 heterocycles. The van der Waals surface area contributed by atoms with Crippen molar-refractivity contribution in [2.45, 2.75) is 19.5 Å². The van der Waals surface area contributed by atoms with Crippen molar-refractivity contribution in [3.8, 4) is 0 Å². The van der Waals surface area contributed by atoms with Crippen molar-refractivity contribution in [2.24, 2.45) is 0 Å². The summed E-state index contributed by atoms with van der Waals surface area (Å²) >= 11 is 0. The molecule has 0 radical (unpaired) electrons. The number of carbonyl (C=O) groups is 1. The van der Waals surface area contributed by atoms with Gasteiger partial charge in [0.05, 0.1) is 12.2 Å². The molecule has 0 aliphatic heterocycles. The Morgan fingerprint density at radius 2 is 2.13 bits per heavy atom. The number of benzene rings is 1. The predicted molar refractivity (Wildman–Crippen MR) is 56.8 cm³/mol. The number of aliphatic hydroxyl groups is 1. The molecule has 1 aromatic rings. The Balaban J connectivity index is 2.72. The highest BCUT2D eigenvalue weighted by Crippen LogP contribution is 2.08. The molecule has 3 N–H and O–H groups in total. The first kappa shape index (κ1) is 11.7. The number of carboxylic acid groups (broad SMARTS) is 1. The van der Waals surface area contributed by atoms with Crippen molar-refractivity contribution in [1.82, 2.24) is 5.32 Å². The zero-order valence-corrected chi connectivity index (χ0v) is 8.60. The average molecular weight is 209 g/mol. The van der Waals surface area contributed by atoms with Crippen molar-refractivity contribution in [2.75, 3.05) is 6.61 Å². The van der Waals surface area contributed by atoms with E-state index in [9.17, 15) is 4.79 Å². The van der Waals surface area contributed by atoms with Gasteiger partial charge in [-0.2, -0.15) is 0 Å². The second-order valence-corrected chi connectivity index (χ2v) is 3.43. The van der Waals surface area contributed by atoms with E-state index in [1.807, 2.05) is 6.92 Å². The average Bonchev–Trinajstić information content (AvgIpc) is 2.26. The van der Waals surface area contributed by atoms with Crippen LogP contribution in [0.5, 0.6) is 0 Å². The van der Waals surface area contributed by atoms with Crippen LogP contribution in [0.1, 0.15) is 22.8 Å². The molecule has 0 aliphatic rings. The van der Waals surface area contributed by atoms with E-state index < -0.39 is 5.97 Å². The van der Waals surface area contributed by atoms with Gasteiger partial charge in [-0.3, -0.25) is 0 Å². The molecule has 0 saturated heterocycles. The second-order valence-electron chi connectivity index (χ2n) is 3.43. The molecule has 0 bridgehead atoms. The zero-order valence-electron chi connectivity index (χ0n) is 8.60. The molecule has 1 atom stereocenters. The van der Waals surface area contributed by atoms with E-state index in [2.05, 4.69) is 5.32 Å². The van der Waals surface area contributed by atoms with Gasteiger partial charge in [-0.15, -0.1) is 0 Å². The number of carboxylic acids is 1. The molecule has 0 aromatic heterocycles. The summed E-state index contributed by atoms with van der Waals surface area (Å²) in [6, 6.07) is 6.80. The second kappa shape index (κ2) is 5.48. The highest BCUT2D eigenvalue weighted by Gasteiger charge is 2.09. The lowest BCUT2D eigenvalue weighted by Crippen LogP contribution is -2.29. The molecule has 0 fully saturated rings. The Morgan fingerprint density at radius 3 is 2.73 bits per heavy atom. The summed E-state index contributed by atoms with van der Waals surface area (Å²) in [5.41, 5.74) is 1.03. The molecule has 0 saturated carbocycles. The molecule has 82 valence electrons. The molecule has 4 nitrogen and oxygen atoms in total. The maximum atomic E-state index is 10.9. The maximum absolute atomic E-state index is 10.9. The van der Waals surface area contributed by atoms with E-state index in [4.69, 9.17) is 10.2 Å². The topological polar surface area (TPSA) is 69.6 Å².